The van der Waals surface area contributed by atoms with Crippen LogP contribution in [0.3, 0.4) is 0 Å². The summed E-state index contributed by atoms with van der Waals surface area (Å²) in [5.41, 5.74) is 4.15. The lowest BCUT2D eigenvalue weighted by Crippen LogP contribution is -2.11. The third-order valence-electron chi connectivity index (χ3n) is 5.39. The van der Waals surface area contributed by atoms with E-state index in [4.69, 9.17) is 32.7 Å². The van der Waals surface area contributed by atoms with E-state index >= 15 is 0 Å². The molecule has 1 N–H and O–H groups in total. The highest BCUT2D eigenvalue weighted by Gasteiger charge is 2.25. The molecule has 4 rings (SSSR count). The molecule has 0 saturated carbocycles. The number of Topliss-reactive ketones (excluding diaryl/α,β-unsaturated/α-hetero) is 1. The van der Waals surface area contributed by atoms with Crippen LogP contribution in [0, 0.1) is 6.92 Å². The van der Waals surface area contributed by atoms with Crippen molar-refractivity contribution >= 4 is 55.8 Å². The number of halogens is 3. The Morgan fingerprint density at radius 3 is 2.64 bits per heavy atom. The lowest BCUT2D eigenvalue weighted by atomic mass is 10.0. The lowest BCUT2D eigenvalue weighted by molar-refractivity contribution is 0.0883. The fourth-order valence-electron chi connectivity index (χ4n) is 3.62. The fourth-order valence-corrected chi connectivity index (χ4v) is 4.56. The summed E-state index contributed by atoms with van der Waals surface area (Å²) in [5.74, 6) is 0.454. The first-order valence-electron chi connectivity index (χ1n) is 10.4. The Labute approximate surface area is 210 Å². The van der Waals surface area contributed by atoms with Gasteiger partial charge < -0.3 is 14.5 Å². The lowest BCUT2D eigenvalue weighted by Gasteiger charge is -2.16. The third-order valence-corrected chi connectivity index (χ3v) is 6.94. The summed E-state index contributed by atoms with van der Waals surface area (Å²) in [5, 5.41) is 2.02. The van der Waals surface area contributed by atoms with E-state index in [1.54, 1.807) is 30.5 Å². The van der Waals surface area contributed by atoms with E-state index in [9.17, 15) is 4.79 Å². The zero-order valence-electron chi connectivity index (χ0n) is 17.9. The van der Waals surface area contributed by atoms with Gasteiger partial charge in [0.15, 0.2) is 5.78 Å². The van der Waals surface area contributed by atoms with Crippen LogP contribution < -0.4 is 4.74 Å². The molecule has 1 atom stereocenters. The molecule has 1 unspecified atom stereocenters. The smallest absolute Gasteiger partial charge is 0.183 e. The summed E-state index contributed by atoms with van der Waals surface area (Å²) in [6, 6.07) is 18.9. The minimum absolute atomic E-state index is 0.0875. The average Bonchev–Trinajstić information content (AvgIpc) is 3.26. The van der Waals surface area contributed by atoms with E-state index in [1.165, 1.54) is 0 Å². The molecule has 0 saturated heterocycles. The topological polar surface area (TPSA) is 51.3 Å². The Balaban J connectivity index is 1.47. The van der Waals surface area contributed by atoms with E-state index in [-0.39, 0.29) is 5.78 Å². The Hall–Kier alpha value is -2.31. The number of rotatable bonds is 9. The molecule has 1 aromatic heterocycles. The monoisotopic (exact) mass is 545 g/mol. The summed E-state index contributed by atoms with van der Waals surface area (Å²) in [7, 11) is 0. The highest BCUT2D eigenvalue weighted by atomic mass is 79.9. The Bertz CT molecular complexity index is 1270. The van der Waals surface area contributed by atoms with Crippen molar-refractivity contribution in [2.24, 2.45) is 0 Å². The summed E-state index contributed by atoms with van der Waals surface area (Å²) in [4.78, 5) is 15.9. The molecule has 0 fully saturated rings. The van der Waals surface area contributed by atoms with Crippen LogP contribution in [0.4, 0.5) is 0 Å². The molecule has 4 nitrogen and oxygen atoms in total. The first-order chi connectivity index (χ1) is 16.0. The molecular weight excluding hydrogens is 525 g/mol. The van der Waals surface area contributed by atoms with Gasteiger partial charge in [0.25, 0.3) is 0 Å². The molecule has 1 heterocycles. The molecule has 4 aromatic rings. The Morgan fingerprint density at radius 1 is 1.06 bits per heavy atom. The summed E-state index contributed by atoms with van der Waals surface area (Å²) >= 11 is 16.0. The number of aromatic nitrogens is 1. The number of hydrogen-bond donors (Lipinski definition) is 1. The molecule has 0 spiro atoms. The number of nitrogens with one attached hydrogen (secondary N) is 1. The van der Waals surface area contributed by atoms with Gasteiger partial charge in [0.2, 0.25) is 0 Å². The van der Waals surface area contributed by atoms with Crippen LogP contribution >= 0.6 is 39.1 Å². The molecule has 170 valence electrons. The number of carbonyl (C=O) groups is 1. The van der Waals surface area contributed by atoms with Crippen LogP contribution in [0.5, 0.6) is 5.75 Å². The van der Waals surface area contributed by atoms with Crippen LogP contribution in [0.15, 0.2) is 66.9 Å². The highest BCUT2D eigenvalue weighted by molar-refractivity contribution is 9.09. The zero-order chi connectivity index (χ0) is 23.4. The number of benzene rings is 3. The van der Waals surface area contributed by atoms with Crippen LogP contribution in [0.25, 0.3) is 10.9 Å². The van der Waals surface area contributed by atoms with Crippen LogP contribution in [0.2, 0.25) is 10.0 Å². The summed E-state index contributed by atoms with van der Waals surface area (Å²) < 4.78 is 11.6. The van der Waals surface area contributed by atoms with Gasteiger partial charge in [0, 0.05) is 32.8 Å². The molecule has 0 bridgehead atoms. The predicted molar refractivity (Wildman–Crippen MR) is 137 cm³/mol. The van der Waals surface area contributed by atoms with Gasteiger partial charge in [-0.15, -0.1) is 0 Å². The number of hydrogen-bond acceptors (Lipinski definition) is 3. The van der Waals surface area contributed by atoms with Crippen LogP contribution in [0.1, 0.15) is 31.9 Å². The normalized spacial score (nSPS) is 12.1. The van der Waals surface area contributed by atoms with Gasteiger partial charge in [-0.2, -0.15) is 0 Å². The van der Waals surface area contributed by atoms with Gasteiger partial charge in [0.1, 0.15) is 17.2 Å². The van der Waals surface area contributed by atoms with Crippen molar-refractivity contribution in [1.82, 2.24) is 4.98 Å². The zero-order valence-corrected chi connectivity index (χ0v) is 21.0. The molecule has 3 aromatic carbocycles. The maximum absolute atomic E-state index is 13.4. The van der Waals surface area contributed by atoms with Crippen LogP contribution in [-0.2, 0) is 11.3 Å². The standard InChI is InChI=1S/C26H22BrCl2NO3/c1-16-22(29)10-9-19-21(14-30-25(16)19)26(31)24(27)20-8-7-18(28)13-23(20)33-12-11-32-15-17-5-3-2-4-6-17/h2-10,13-14,24,30H,11-12,15H2,1H3. The van der Waals surface area contributed by atoms with E-state index < -0.39 is 4.83 Å². The molecule has 0 radical (unpaired) electrons. The fraction of sp³-hybridized carbons (Fsp3) is 0.192. The minimum Gasteiger partial charge on any atom is -0.491 e. The molecule has 0 amide bonds. The quantitative estimate of drug-likeness (QED) is 0.133. The number of aryl methyl sites for hydroxylation is 1. The number of H-pyrrole nitrogens is 1. The number of aromatic amines is 1. The van der Waals surface area contributed by atoms with Crippen molar-refractivity contribution in [3.8, 4) is 5.75 Å². The maximum Gasteiger partial charge on any atom is 0.183 e. The molecule has 0 aliphatic rings. The predicted octanol–water partition coefficient (Wildman–Crippen LogP) is 7.70. The maximum atomic E-state index is 13.4. The molecule has 7 heteroatoms. The number of alkyl halides is 1. The van der Waals surface area contributed by atoms with E-state index in [0.717, 1.165) is 22.0 Å². The van der Waals surface area contributed by atoms with E-state index in [1.807, 2.05) is 43.3 Å². The van der Waals surface area contributed by atoms with Crippen molar-refractivity contribution in [3.05, 3.63) is 99.2 Å². The SMILES string of the molecule is Cc1c(Cl)ccc2c(C(=O)C(Br)c3ccc(Cl)cc3OCCOCc3ccccc3)c[nH]c12. The van der Waals surface area contributed by atoms with Crippen molar-refractivity contribution in [2.75, 3.05) is 13.2 Å². The van der Waals surface area contributed by atoms with Crippen molar-refractivity contribution < 1.29 is 14.3 Å². The minimum atomic E-state index is -0.606. The largest absolute Gasteiger partial charge is 0.491 e. The van der Waals surface area contributed by atoms with Crippen LogP contribution in [-0.4, -0.2) is 24.0 Å². The van der Waals surface area contributed by atoms with Gasteiger partial charge in [-0.1, -0.05) is 81.6 Å². The van der Waals surface area contributed by atoms with Gasteiger partial charge in [-0.3, -0.25) is 4.79 Å². The number of ether oxygens (including phenoxy) is 2. The average molecular weight is 547 g/mol. The molecular formula is C26H22BrCl2NO3. The summed E-state index contributed by atoms with van der Waals surface area (Å²) in [6.07, 6.45) is 1.72. The first kappa shape index (κ1) is 23.8. The second-order valence-electron chi connectivity index (χ2n) is 7.59. The van der Waals surface area contributed by atoms with Gasteiger partial charge in [-0.25, -0.2) is 0 Å². The molecule has 0 aliphatic carbocycles. The van der Waals surface area contributed by atoms with Gasteiger partial charge >= 0.3 is 0 Å². The second-order valence-corrected chi connectivity index (χ2v) is 9.35. The Morgan fingerprint density at radius 2 is 1.85 bits per heavy atom. The van der Waals surface area contributed by atoms with E-state index in [0.29, 0.717) is 46.7 Å². The Kier molecular flexibility index (Phi) is 7.76. The van der Waals surface area contributed by atoms with Crippen molar-refractivity contribution in [3.63, 3.8) is 0 Å². The highest BCUT2D eigenvalue weighted by Crippen LogP contribution is 2.37. The molecule has 33 heavy (non-hydrogen) atoms. The van der Waals surface area contributed by atoms with Crippen molar-refractivity contribution in [1.29, 1.82) is 0 Å². The first-order valence-corrected chi connectivity index (χ1v) is 12.1. The summed E-state index contributed by atoms with van der Waals surface area (Å²) in [6.45, 7) is 3.17. The van der Waals surface area contributed by atoms with Gasteiger partial charge in [-0.05, 0) is 36.2 Å². The third kappa shape index (κ3) is 5.44. The number of carbonyl (C=O) groups excluding carboxylic acids is 1. The van der Waals surface area contributed by atoms with E-state index in [2.05, 4.69) is 20.9 Å². The van der Waals surface area contributed by atoms with Gasteiger partial charge in [0.05, 0.1) is 18.7 Å². The number of fused-ring (bicyclic) bond motifs is 1. The second kappa shape index (κ2) is 10.7. The molecule has 0 aliphatic heterocycles. The van der Waals surface area contributed by atoms with Crippen molar-refractivity contribution in [2.45, 2.75) is 18.4 Å². The number of ketones is 1.